The summed E-state index contributed by atoms with van der Waals surface area (Å²) in [5.74, 6) is -1.32. The largest absolute Gasteiger partial charge is 0.481 e. The number of halogens is 1. The molecular weight excluding hydrogens is 258 g/mol. The summed E-state index contributed by atoms with van der Waals surface area (Å²) >= 11 is 3.43. The lowest BCUT2D eigenvalue weighted by molar-refractivity contribution is -0.138. The summed E-state index contributed by atoms with van der Waals surface area (Å²) in [4.78, 5) is 14.0. The number of aromatic nitrogens is 1. The molecule has 2 rings (SSSR count). The number of rotatable bonds is 2. The van der Waals surface area contributed by atoms with E-state index in [1.807, 2.05) is 18.2 Å². The minimum absolute atomic E-state index is 0.502. The molecule has 0 fully saturated rings. The fraction of sp³-hybridized carbons (Fsp3) is 0.182. The van der Waals surface area contributed by atoms with Gasteiger partial charge in [0.15, 0.2) is 0 Å². The molecule has 0 bridgehead atoms. The second-order valence-corrected chi connectivity index (χ2v) is 4.32. The van der Waals surface area contributed by atoms with Crippen LogP contribution in [0, 0.1) is 0 Å². The van der Waals surface area contributed by atoms with Gasteiger partial charge in [0.1, 0.15) is 0 Å². The molecule has 15 heavy (non-hydrogen) atoms. The highest BCUT2D eigenvalue weighted by molar-refractivity contribution is 9.10. The van der Waals surface area contributed by atoms with Gasteiger partial charge in [0.25, 0.3) is 0 Å². The number of carboxylic acids is 1. The summed E-state index contributed by atoms with van der Waals surface area (Å²) in [5.41, 5.74) is 1.76. The summed E-state index contributed by atoms with van der Waals surface area (Å²) in [5, 5.41) is 9.93. The van der Waals surface area contributed by atoms with Gasteiger partial charge in [-0.15, -0.1) is 0 Å². The highest BCUT2D eigenvalue weighted by Crippen LogP contribution is 2.31. The summed E-state index contributed by atoms with van der Waals surface area (Å²) in [7, 11) is 0. The molecule has 0 saturated carbocycles. The second kappa shape index (κ2) is 3.70. The van der Waals surface area contributed by atoms with Crippen molar-refractivity contribution >= 4 is 32.8 Å². The SMILES string of the molecule is CC(C(=O)O)c1c[nH]c2cccc(Br)c12. The van der Waals surface area contributed by atoms with Crippen molar-refractivity contribution in [2.24, 2.45) is 0 Å². The molecule has 1 aromatic carbocycles. The molecule has 3 nitrogen and oxygen atoms in total. The Hall–Kier alpha value is -1.29. The van der Waals surface area contributed by atoms with Crippen LogP contribution in [0.2, 0.25) is 0 Å². The van der Waals surface area contributed by atoms with E-state index in [-0.39, 0.29) is 0 Å². The average Bonchev–Trinajstić information content (AvgIpc) is 2.61. The van der Waals surface area contributed by atoms with Crippen molar-refractivity contribution in [3.8, 4) is 0 Å². The Labute approximate surface area is 95.2 Å². The summed E-state index contributed by atoms with van der Waals surface area (Å²) in [6, 6.07) is 5.75. The predicted octanol–water partition coefficient (Wildman–Crippen LogP) is 3.12. The van der Waals surface area contributed by atoms with Crippen LogP contribution in [0.4, 0.5) is 0 Å². The van der Waals surface area contributed by atoms with Crippen molar-refractivity contribution in [1.82, 2.24) is 4.98 Å². The van der Waals surface area contributed by atoms with Crippen LogP contribution in [0.1, 0.15) is 18.4 Å². The Kier molecular flexibility index (Phi) is 2.52. The molecule has 78 valence electrons. The first kappa shape index (κ1) is 10.2. The number of carboxylic acid groups (broad SMARTS) is 1. The molecule has 1 atom stereocenters. The third-order valence-corrected chi connectivity index (χ3v) is 3.18. The quantitative estimate of drug-likeness (QED) is 0.879. The predicted molar refractivity (Wildman–Crippen MR) is 62.0 cm³/mol. The zero-order chi connectivity index (χ0) is 11.0. The van der Waals surface area contributed by atoms with Crippen molar-refractivity contribution in [2.45, 2.75) is 12.8 Å². The van der Waals surface area contributed by atoms with Crippen LogP contribution >= 0.6 is 15.9 Å². The van der Waals surface area contributed by atoms with E-state index in [1.54, 1.807) is 13.1 Å². The first-order valence-electron chi connectivity index (χ1n) is 4.59. The minimum atomic E-state index is -0.813. The zero-order valence-electron chi connectivity index (χ0n) is 8.12. The lowest BCUT2D eigenvalue weighted by Gasteiger charge is -2.05. The molecular formula is C11H10BrNO2. The molecule has 0 aliphatic heterocycles. The van der Waals surface area contributed by atoms with Gasteiger partial charge in [-0.25, -0.2) is 0 Å². The maximum absolute atomic E-state index is 10.9. The monoisotopic (exact) mass is 267 g/mol. The van der Waals surface area contributed by atoms with Crippen molar-refractivity contribution in [3.05, 3.63) is 34.4 Å². The number of hydrogen-bond donors (Lipinski definition) is 2. The molecule has 0 saturated heterocycles. The van der Waals surface area contributed by atoms with Crippen LogP contribution in [0.3, 0.4) is 0 Å². The van der Waals surface area contributed by atoms with Crippen LogP contribution in [-0.2, 0) is 4.79 Å². The third kappa shape index (κ3) is 1.65. The highest BCUT2D eigenvalue weighted by atomic mass is 79.9. The summed E-state index contributed by atoms with van der Waals surface area (Å²) < 4.78 is 0.921. The van der Waals surface area contributed by atoms with Gasteiger partial charge in [0.2, 0.25) is 0 Å². The Morgan fingerprint density at radius 2 is 2.27 bits per heavy atom. The van der Waals surface area contributed by atoms with Crippen molar-refractivity contribution < 1.29 is 9.90 Å². The lowest BCUT2D eigenvalue weighted by atomic mass is 10.0. The molecule has 0 amide bonds. The van der Waals surface area contributed by atoms with Gasteiger partial charge in [0, 0.05) is 21.6 Å². The first-order valence-corrected chi connectivity index (χ1v) is 5.39. The topological polar surface area (TPSA) is 53.1 Å². The van der Waals surface area contributed by atoms with Crippen molar-refractivity contribution in [3.63, 3.8) is 0 Å². The summed E-state index contributed by atoms with van der Waals surface area (Å²) in [6.07, 6.45) is 1.76. The van der Waals surface area contributed by atoms with Crippen LogP contribution in [0.25, 0.3) is 10.9 Å². The molecule has 4 heteroatoms. The van der Waals surface area contributed by atoms with Crippen molar-refractivity contribution in [2.75, 3.05) is 0 Å². The molecule has 1 aromatic heterocycles. The number of H-pyrrole nitrogens is 1. The number of fused-ring (bicyclic) bond motifs is 1. The van der Waals surface area contributed by atoms with Crippen LogP contribution in [0.5, 0.6) is 0 Å². The Bertz CT molecular complexity index is 518. The maximum atomic E-state index is 10.9. The van der Waals surface area contributed by atoms with Gasteiger partial charge in [-0.3, -0.25) is 4.79 Å². The van der Waals surface area contributed by atoms with Gasteiger partial charge in [-0.2, -0.15) is 0 Å². The fourth-order valence-corrected chi connectivity index (χ4v) is 2.24. The van der Waals surface area contributed by atoms with E-state index in [2.05, 4.69) is 20.9 Å². The number of nitrogens with one attached hydrogen (secondary N) is 1. The molecule has 1 unspecified atom stereocenters. The van der Waals surface area contributed by atoms with E-state index in [1.165, 1.54) is 0 Å². The van der Waals surface area contributed by atoms with Crippen molar-refractivity contribution in [1.29, 1.82) is 0 Å². The molecule has 2 N–H and O–H groups in total. The lowest BCUT2D eigenvalue weighted by Crippen LogP contribution is -2.06. The van der Waals surface area contributed by atoms with E-state index in [0.29, 0.717) is 0 Å². The van der Waals surface area contributed by atoms with E-state index < -0.39 is 11.9 Å². The standard InChI is InChI=1S/C11H10BrNO2/c1-6(11(14)15)7-5-13-9-4-2-3-8(12)10(7)9/h2-6,13H,1H3,(H,14,15). The average molecular weight is 268 g/mol. The molecule has 2 aromatic rings. The Morgan fingerprint density at radius 1 is 1.53 bits per heavy atom. The number of benzene rings is 1. The minimum Gasteiger partial charge on any atom is -0.481 e. The van der Waals surface area contributed by atoms with Crippen LogP contribution in [0.15, 0.2) is 28.9 Å². The van der Waals surface area contributed by atoms with E-state index in [9.17, 15) is 4.79 Å². The van der Waals surface area contributed by atoms with Gasteiger partial charge >= 0.3 is 5.97 Å². The zero-order valence-corrected chi connectivity index (χ0v) is 9.71. The van der Waals surface area contributed by atoms with Crippen LogP contribution < -0.4 is 0 Å². The molecule has 0 spiro atoms. The van der Waals surface area contributed by atoms with E-state index in [0.717, 1.165) is 20.9 Å². The fourth-order valence-electron chi connectivity index (χ4n) is 1.64. The second-order valence-electron chi connectivity index (χ2n) is 3.47. The first-order chi connectivity index (χ1) is 7.11. The molecule has 0 aliphatic carbocycles. The molecule has 0 aliphatic rings. The molecule has 1 heterocycles. The maximum Gasteiger partial charge on any atom is 0.310 e. The highest BCUT2D eigenvalue weighted by Gasteiger charge is 2.18. The number of hydrogen-bond acceptors (Lipinski definition) is 1. The third-order valence-electron chi connectivity index (χ3n) is 2.52. The van der Waals surface area contributed by atoms with Gasteiger partial charge in [-0.05, 0) is 24.6 Å². The van der Waals surface area contributed by atoms with E-state index in [4.69, 9.17) is 5.11 Å². The normalized spacial score (nSPS) is 12.9. The molecule has 0 radical (unpaired) electrons. The summed E-state index contributed by atoms with van der Waals surface area (Å²) in [6.45, 7) is 1.68. The number of carbonyl (C=O) groups is 1. The smallest absolute Gasteiger partial charge is 0.310 e. The number of aliphatic carboxylic acids is 1. The van der Waals surface area contributed by atoms with Crippen LogP contribution in [-0.4, -0.2) is 16.1 Å². The van der Waals surface area contributed by atoms with Gasteiger partial charge < -0.3 is 10.1 Å². The Balaban J connectivity index is 2.67. The van der Waals surface area contributed by atoms with Gasteiger partial charge in [0.05, 0.1) is 5.92 Å². The number of aromatic amines is 1. The Morgan fingerprint density at radius 3 is 2.93 bits per heavy atom. The van der Waals surface area contributed by atoms with E-state index >= 15 is 0 Å². The van der Waals surface area contributed by atoms with Gasteiger partial charge in [-0.1, -0.05) is 22.0 Å².